The van der Waals surface area contributed by atoms with E-state index in [-0.39, 0.29) is 5.56 Å². The first-order chi connectivity index (χ1) is 12.2. The first-order valence-electron chi connectivity index (χ1n) is 7.96. The van der Waals surface area contributed by atoms with E-state index in [1.54, 1.807) is 36.7 Å². The molecule has 3 aromatic rings. The molecule has 0 unspecified atom stereocenters. The lowest BCUT2D eigenvalue weighted by molar-refractivity contribution is 0.102. The zero-order chi connectivity index (χ0) is 17.6. The third kappa shape index (κ3) is 3.71. The second-order valence-corrected chi connectivity index (χ2v) is 5.52. The van der Waals surface area contributed by atoms with Crippen molar-refractivity contribution in [3.8, 4) is 0 Å². The number of halogens is 1. The first-order valence-corrected chi connectivity index (χ1v) is 7.96. The Bertz CT molecular complexity index is 941. The van der Waals surface area contributed by atoms with Crippen molar-refractivity contribution in [1.29, 1.82) is 0 Å². The Morgan fingerprint density at radius 2 is 2.04 bits per heavy atom. The number of hydrogen-bond acceptors (Lipinski definition) is 4. The summed E-state index contributed by atoms with van der Waals surface area (Å²) in [4.78, 5) is 33.5. The molecule has 7 heteroatoms. The van der Waals surface area contributed by atoms with Gasteiger partial charge >= 0.3 is 0 Å². The molecule has 3 heterocycles. The highest BCUT2D eigenvalue weighted by atomic mass is 19.1. The second-order valence-electron chi connectivity index (χ2n) is 5.52. The summed E-state index contributed by atoms with van der Waals surface area (Å²) in [7, 11) is 0. The van der Waals surface area contributed by atoms with Crippen molar-refractivity contribution < 1.29 is 9.18 Å². The van der Waals surface area contributed by atoms with Crippen LogP contribution >= 0.6 is 0 Å². The molecule has 0 aliphatic rings. The number of rotatable bonds is 6. The molecule has 0 bridgehead atoms. The minimum atomic E-state index is -0.511. The number of unbranched alkanes of at least 4 members (excludes halogenated alkanes) is 1. The van der Waals surface area contributed by atoms with Gasteiger partial charge < -0.3 is 5.32 Å². The number of hydrogen-bond donors (Lipinski definition) is 1. The van der Waals surface area contributed by atoms with Gasteiger partial charge in [0.25, 0.3) is 11.5 Å². The van der Waals surface area contributed by atoms with Crippen molar-refractivity contribution in [3.05, 3.63) is 64.8 Å². The number of nitrogens with zero attached hydrogens (tertiary/aromatic N) is 3. The molecule has 0 saturated carbocycles. The summed E-state index contributed by atoms with van der Waals surface area (Å²) in [6, 6.07) is 8.43. The van der Waals surface area contributed by atoms with Crippen molar-refractivity contribution >= 4 is 22.6 Å². The van der Waals surface area contributed by atoms with E-state index in [1.165, 1.54) is 16.8 Å². The number of alkyl halides is 1. The van der Waals surface area contributed by atoms with Gasteiger partial charge in [-0.2, -0.15) is 0 Å². The standard InChI is InChI=1S/C18H17FN4O2/c19-7-1-2-10-23-16-13(5-3-9-21-16)11-15(18(23)25)17(24)22-14-6-4-8-20-12-14/h3-6,8-9,11-12H,1-2,7,10H2,(H,22,24). The van der Waals surface area contributed by atoms with Gasteiger partial charge in [0.05, 0.1) is 18.6 Å². The molecule has 6 nitrogen and oxygen atoms in total. The van der Waals surface area contributed by atoms with Crippen LogP contribution in [0.15, 0.2) is 53.7 Å². The first kappa shape index (κ1) is 16.8. The van der Waals surface area contributed by atoms with E-state index in [4.69, 9.17) is 0 Å². The third-order valence-electron chi connectivity index (χ3n) is 3.78. The number of carbonyl (C=O) groups is 1. The minimum absolute atomic E-state index is 0.0181. The van der Waals surface area contributed by atoms with Crippen molar-refractivity contribution in [2.45, 2.75) is 19.4 Å². The van der Waals surface area contributed by atoms with Crippen molar-refractivity contribution in [2.75, 3.05) is 12.0 Å². The molecular weight excluding hydrogens is 323 g/mol. The molecular formula is C18H17FN4O2. The minimum Gasteiger partial charge on any atom is -0.320 e. The number of aromatic nitrogens is 3. The summed E-state index contributed by atoms with van der Waals surface area (Å²) in [5.74, 6) is -0.511. The summed E-state index contributed by atoms with van der Waals surface area (Å²) < 4.78 is 13.8. The van der Waals surface area contributed by atoms with Gasteiger partial charge in [-0.3, -0.25) is 23.5 Å². The Balaban J connectivity index is 2.01. The predicted octanol–water partition coefficient (Wildman–Crippen LogP) is 2.79. The molecule has 0 aliphatic carbocycles. The van der Waals surface area contributed by atoms with E-state index in [0.29, 0.717) is 36.1 Å². The number of aryl methyl sites for hydroxylation is 1. The summed E-state index contributed by atoms with van der Waals surface area (Å²) in [6.07, 6.45) is 5.53. The van der Waals surface area contributed by atoms with Crippen molar-refractivity contribution in [3.63, 3.8) is 0 Å². The van der Waals surface area contributed by atoms with Gasteiger partial charge in [-0.05, 0) is 43.2 Å². The maximum absolute atomic E-state index is 12.8. The Hall–Kier alpha value is -3.09. The van der Waals surface area contributed by atoms with Gasteiger partial charge in [-0.25, -0.2) is 4.98 Å². The molecule has 0 saturated heterocycles. The zero-order valence-corrected chi connectivity index (χ0v) is 13.5. The van der Waals surface area contributed by atoms with Crippen molar-refractivity contribution in [2.24, 2.45) is 0 Å². The van der Waals surface area contributed by atoms with Crippen LogP contribution in [0.5, 0.6) is 0 Å². The Kier molecular flexibility index (Phi) is 5.13. The number of amides is 1. The predicted molar refractivity (Wildman–Crippen MR) is 93.4 cm³/mol. The molecule has 1 amide bonds. The summed E-state index contributed by atoms with van der Waals surface area (Å²) in [6.45, 7) is -0.133. The molecule has 0 aliphatic heterocycles. The molecule has 25 heavy (non-hydrogen) atoms. The van der Waals surface area contributed by atoms with Crippen LogP contribution in [0.4, 0.5) is 10.1 Å². The Morgan fingerprint density at radius 1 is 1.20 bits per heavy atom. The summed E-state index contributed by atoms with van der Waals surface area (Å²) in [5.41, 5.74) is 0.572. The molecule has 0 spiro atoms. The second kappa shape index (κ2) is 7.65. The molecule has 0 atom stereocenters. The smallest absolute Gasteiger partial charge is 0.265 e. The monoisotopic (exact) mass is 340 g/mol. The highest BCUT2D eigenvalue weighted by molar-refractivity contribution is 6.05. The van der Waals surface area contributed by atoms with E-state index in [1.807, 2.05) is 0 Å². The molecule has 128 valence electrons. The number of anilines is 1. The highest BCUT2D eigenvalue weighted by Gasteiger charge is 2.16. The SMILES string of the molecule is O=C(Nc1cccnc1)c1cc2cccnc2n(CCCCF)c1=O. The van der Waals surface area contributed by atoms with Gasteiger partial charge in [-0.1, -0.05) is 0 Å². The van der Waals surface area contributed by atoms with Crippen LogP contribution in [0, 0.1) is 0 Å². The van der Waals surface area contributed by atoms with Gasteiger partial charge in [-0.15, -0.1) is 0 Å². The molecule has 1 N–H and O–H groups in total. The van der Waals surface area contributed by atoms with Crippen molar-refractivity contribution in [1.82, 2.24) is 14.5 Å². The summed E-state index contributed by atoms with van der Waals surface area (Å²) >= 11 is 0. The van der Waals surface area contributed by atoms with Crippen LogP contribution < -0.4 is 10.9 Å². The molecule has 0 aromatic carbocycles. The topological polar surface area (TPSA) is 76.9 Å². The molecule has 3 rings (SSSR count). The van der Waals surface area contributed by atoms with E-state index in [2.05, 4.69) is 15.3 Å². The van der Waals surface area contributed by atoms with Crippen LogP contribution in [-0.2, 0) is 6.54 Å². The van der Waals surface area contributed by atoms with Crippen LogP contribution in [-0.4, -0.2) is 27.1 Å². The fourth-order valence-corrected chi connectivity index (χ4v) is 2.58. The molecule has 3 aromatic heterocycles. The Labute approximate surface area is 143 Å². The van der Waals surface area contributed by atoms with Crippen LogP contribution in [0.2, 0.25) is 0 Å². The normalized spacial score (nSPS) is 10.8. The quantitative estimate of drug-likeness (QED) is 0.700. The van der Waals surface area contributed by atoms with Gasteiger partial charge in [0.1, 0.15) is 11.2 Å². The maximum atomic E-state index is 12.8. The average Bonchev–Trinajstić information content (AvgIpc) is 2.64. The lowest BCUT2D eigenvalue weighted by Crippen LogP contribution is -2.30. The fraction of sp³-hybridized carbons (Fsp3) is 0.222. The summed E-state index contributed by atoms with van der Waals surface area (Å²) in [5, 5.41) is 3.34. The number of fused-ring (bicyclic) bond motifs is 1. The third-order valence-corrected chi connectivity index (χ3v) is 3.78. The lowest BCUT2D eigenvalue weighted by atomic mass is 10.1. The van der Waals surface area contributed by atoms with Crippen LogP contribution in [0.3, 0.4) is 0 Å². The van der Waals surface area contributed by atoms with Crippen LogP contribution in [0.25, 0.3) is 11.0 Å². The molecule has 0 radical (unpaired) electrons. The van der Waals surface area contributed by atoms with Gasteiger partial charge in [0.2, 0.25) is 0 Å². The molecule has 0 fully saturated rings. The number of pyridine rings is 3. The largest absolute Gasteiger partial charge is 0.320 e. The lowest BCUT2D eigenvalue weighted by Gasteiger charge is -2.12. The number of nitrogens with one attached hydrogen (secondary N) is 1. The van der Waals surface area contributed by atoms with Gasteiger partial charge in [0.15, 0.2) is 0 Å². The maximum Gasteiger partial charge on any atom is 0.265 e. The average molecular weight is 340 g/mol. The van der Waals surface area contributed by atoms with Gasteiger partial charge in [0, 0.05) is 24.3 Å². The fourth-order valence-electron chi connectivity index (χ4n) is 2.58. The van der Waals surface area contributed by atoms with Crippen LogP contribution in [0.1, 0.15) is 23.2 Å². The van der Waals surface area contributed by atoms with E-state index >= 15 is 0 Å². The van der Waals surface area contributed by atoms with E-state index in [9.17, 15) is 14.0 Å². The highest BCUT2D eigenvalue weighted by Crippen LogP contribution is 2.13. The van der Waals surface area contributed by atoms with E-state index in [0.717, 1.165) is 0 Å². The van der Waals surface area contributed by atoms with E-state index < -0.39 is 18.1 Å². The number of carbonyl (C=O) groups excluding carboxylic acids is 1. The Morgan fingerprint density at radius 3 is 2.80 bits per heavy atom. The zero-order valence-electron chi connectivity index (χ0n) is 13.5.